The maximum absolute atomic E-state index is 11.2. The number of hydrogen-bond acceptors (Lipinski definition) is 2. The Labute approximate surface area is 65.2 Å². The molecule has 0 fully saturated rings. The monoisotopic (exact) mass is 152 g/mol. The van der Waals surface area contributed by atoms with Crippen LogP contribution in [0.25, 0.3) is 0 Å². The number of nitrogens with two attached hydrogens (primary N) is 1. The van der Waals surface area contributed by atoms with Gasteiger partial charge in [-0.3, -0.25) is 4.79 Å². The zero-order valence-corrected chi connectivity index (χ0v) is 6.77. The lowest BCUT2D eigenvalue weighted by Crippen LogP contribution is -2.12. The van der Waals surface area contributed by atoms with Crippen LogP contribution in [-0.4, -0.2) is 4.98 Å². The van der Waals surface area contributed by atoms with Crippen molar-refractivity contribution in [3.63, 3.8) is 0 Å². The maximum Gasteiger partial charge on any atom is 0.187 e. The first-order valence-electron chi connectivity index (χ1n) is 3.63. The van der Waals surface area contributed by atoms with E-state index in [0.29, 0.717) is 5.82 Å². The van der Waals surface area contributed by atoms with Crippen molar-refractivity contribution in [2.45, 2.75) is 20.3 Å². The molecule has 3 nitrogen and oxygen atoms in total. The largest absolute Gasteiger partial charge is 0.385 e. The normalized spacial score (nSPS) is 10.0. The second-order valence-electron chi connectivity index (χ2n) is 2.55. The van der Waals surface area contributed by atoms with E-state index in [9.17, 15) is 4.79 Å². The summed E-state index contributed by atoms with van der Waals surface area (Å²) in [6.07, 6.45) is 0.751. The van der Waals surface area contributed by atoms with E-state index < -0.39 is 0 Å². The molecule has 60 valence electrons. The number of rotatable bonds is 1. The summed E-state index contributed by atoms with van der Waals surface area (Å²) in [5, 5.41) is 0. The third-order valence-corrected chi connectivity index (χ3v) is 1.72. The van der Waals surface area contributed by atoms with Crippen molar-refractivity contribution in [2.75, 3.05) is 5.73 Å². The summed E-state index contributed by atoms with van der Waals surface area (Å²) in [4.78, 5) is 14.1. The van der Waals surface area contributed by atoms with Gasteiger partial charge in [0.25, 0.3) is 0 Å². The molecule has 0 radical (unpaired) electrons. The van der Waals surface area contributed by atoms with Crippen molar-refractivity contribution in [1.29, 1.82) is 0 Å². The average molecular weight is 152 g/mol. The van der Waals surface area contributed by atoms with Gasteiger partial charge in [0, 0.05) is 17.3 Å². The number of aryl methyl sites for hydroxylation is 1. The number of aromatic nitrogens is 1. The van der Waals surface area contributed by atoms with E-state index in [0.717, 1.165) is 17.7 Å². The minimum absolute atomic E-state index is 0.0289. The van der Waals surface area contributed by atoms with Crippen LogP contribution in [0, 0.1) is 6.92 Å². The molecule has 0 saturated carbocycles. The SMILES string of the molecule is CCc1c(C)[nH]c(N)cc1=O. The van der Waals surface area contributed by atoms with Crippen molar-refractivity contribution in [2.24, 2.45) is 0 Å². The Balaban J connectivity index is 3.37. The number of nitrogen functional groups attached to an aromatic ring is 1. The predicted molar refractivity (Wildman–Crippen MR) is 45.6 cm³/mol. The average Bonchev–Trinajstić information content (AvgIpc) is 1.85. The lowest BCUT2D eigenvalue weighted by atomic mass is 10.1. The van der Waals surface area contributed by atoms with E-state index in [-0.39, 0.29) is 5.43 Å². The smallest absolute Gasteiger partial charge is 0.187 e. The van der Waals surface area contributed by atoms with E-state index >= 15 is 0 Å². The number of nitrogens with one attached hydrogen (secondary N) is 1. The second kappa shape index (κ2) is 2.78. The van der Waals surface area contributed by atoms with Crippen LogP contribution in [0.4, 0.5) is 5.82 Å². The number of hydrogen-bond donors (Lipinski definition) is 2. The summed E-state index contributed by atoms with van der Waals surface area (Å²) >= 11 is 0. The van der Waals surface area contributed by atoms with Gasteiger partial charge in [0.2, 0.25) is 0 Å². The molecule has 11 heavy (non-hydrogen) atoms. The molecule has 1 rings (SSSR count). The van der Waals surface area contributed by atoms with Crippen molar-refractivity contribution in [1.82, 2.24) is 4.98 Å². The summed E-state index contributed by atoms with van der Waals surface area (Å²) in [7, 11) is 0. The van der Waals surface area contributed by atoms with E-state index in [1.807, 2.05) is 13.8 Å². The van der Waals surface area contributed by atoms with Gasteiger partial charge in [0.1, 0.15) is 5.82 Å². The van der Waals surface area contributed by atoms with E-state index in [4.69, 9.17) is 5.73 Å². The summed E-state index contributed by atoms with van der Waals surface area (Å²) in [5.74, 6) is 0.435. The fourth-order valence-electron chi connectivity index (χ4n) is 1.18. The van der Waals surface area contributed by atoms with Gasteiger partial charge in [-0.2, -0.15) is 0 Å². The Morgan fingerprint density at radius 1 is 1.64 bits per heavy atom. The molecule has 0 spiro atoms. The van der Waals surface area contributed by atoms with Gasteiger partial charge in [0.05, 0.1) is 0 Å². The zero-order chi connectivity index (χ0) is 8.43. The summed E-state index contributed by atoms with van der Waals surface area (Å²) in [6, 6.07) is 1.42. The van der Waals surface area contributed by atoms with Crippen molar-refractivity contribution < 1.29 is 0 Å². The van der Waals surface area contributed by atoms with Crippen LogP contribution in [0.15, 0.2) is 10.9 Å². The highest BCUT2D eigenvalue weighted by Gasteiger charge is 2.01. The predicted octanol–water partition coefficient (Wildman–Crippen LogP) is 0.828. The van der Waals surface area contributed by atoms with Crippen LogP contribution < -0.4 is 11.2 Å². The van der Waals surface area contributed by atoms with Crippen LogP contribution in [0.3, 0.4) is 0 Å². The van der Waals surface area contributed by atoms with Gasteiger partial charge in [-0.25, -0.2) is 0 Å². The topological polar surface area (TPSA) is 58.9 Å². The Bertz CT molecular complexity index is 314. The molecular formula is C8H12N2O. The number of aromatic amines is 1. The second-order valence-corrected chi connectivity index (χ2v) is 2.55. The summed E-state index contributed by atoms with van der Waals surface area (Å²) < 4.78 is 0. The Kier molecular flexibility index (Phi) is 1.98. The molecular weight excluding hydrogens is 140 g/mol. The molecule has 0 aliphatic heterocycles. The van der Waals surface area contributed by atoms with Gasteiger partial charge in [-0.05, 0) is 13.3 Å². The van der Waals surface area contributed by atoms with Crippen molar-refractivity contribution in [3.8, 4) is 0 Å². The maximum atomic E-state index is 11.2. The van der Waals surface area contributed by atoms with Gasteiger partial charge in [0.15, 0.2) is 5.43 Å². The first-order valence-corrected chi connectivity index (χ1v) is 3.63. The van der Waals surface area contributed by atoms with Gasteiger partial charge in [-0.15, -0.1) is 0 Å². The molecule has 0 unspecified atom stereocenters. The minimum atomic E-state index is 0.0289. The molecule has 0 bridgehead atoms. The lowest BCUT2D eigenvalue weighted by molar-refractivity contribution is 1.03. The highest BCUT2D eigenvalue weighted by Crippen LogP contribution is 2.01. The molecule has 0 aliphatic rings. The lowest BCUT2D eigenvalue weighted by Gasteiger charge is -2.02. The molecule has 1 aromatic heterocycles. The fourth-order valence-corrected chi connectivity index (χ4v) is 1.18. The van der Waals surface area contributed by atoms with Crippen LogP contribution in [0.1, 0.15) is 18.2 Å². The highest BCUT2D eigenvalue weighted by atomic mass is 16.1. The van der Waals surface area contributed by atoms with E-state index in [2.05, 4.69) is 4.98 Å². The molecule has 0 atom stereocenters. The van der Waals surface area contributed by atoms with Gasteiger partial charge >= 0.3 is 0 Å². The van der Waals surface area contributed by atoms with Crippen LogP contribution >= 0.6 is 0 Å². The van der Waals surface area contributed by atoms with E-state index in [1.54, 1.807) is 0 Å². The Morgan fingerprint density at radius 2 is 2.27 bits per heavy atom. The number of anilines is 1. The first kappa shape index (κ1) is 7.85. The molecule has 0 aromatic carbocycles. The molecule has 0 saturated heterocycles. The Hall–Kier alpha value is -1.25. The quantitative estimate of drug-likeness (QED) is 0.626. The third-order valence-electron chi connectivity index (χ3n) is 1.72. The van der Waals surface area contributed by atoms with Gasteiger partial charge < -0.3 is 10.7 Å². The number of H-pyrrole nitrogens is 1. The van der Waals surface area contributed by atoms with Gasteiger partial charge in [-0.1, -0.05) is 6.92 Å². The van der Waals surface area contributed by atoms with Crippen molar-refractivity contribution in [3.05, 3.63) is 27.5 Å². The van der Waals surface area contributed by atoms with Crippen LogP contribution in [0.5, 0.6) is 0 Å². The van der Waals surface area contributed by atoms with E-state index in [1.165, 1.54) is 6.07 Å². The zero-order valence-electron chi connectivity index (χ0n) is 6.77. The van der Waals surface area contributed by atoms with Crippen LogP contribution in [-0.2, 0) is 6.42 Å². The fraction of sp³-hybridized carbons (Fsp3) is 0.375. The van der Waals surface area contributed by atoms with Crippen LogP contribution in [0.2, 0.25) is 0 Å². The molecule has 0 amide bonds. The molecule has 3 N–H and O–H groups in total. The number of pyridine rings is 1. The summed E-state index contributed by atoms with van der Waals surface area (Å²) in [6.45, 7) is 3.81. The first-order chi connectivity index (χ1) is 5.15. The third kappa shape index (κ3) is 1.42. The minimum Gasteiger partial charge on any atom is -0.385 e. The Morgan fingerprint density at radius 3 is 2.73 bits per heavy atom. The molecule has 0 aliphatic carbocycles. The highest BCUT2D eigenvalue weighted by molar-refractivity contribution is 5.33. The molecule has 3 heteroatoms. The molecule has 1 aromatic rings. The standard InChI is InChI=1S/C8H12N2O/c1-3-6-5(2)10-8(9)4-7(6)11/h4H,3H2,1-2H3,(H3,9,10,11). The summed E-state index contributed by atoms with van der Waals surface area (Å²) in [5.41, 5.74) is 7.15. The van der Waals surface area contributed by atoms with Crippen molar-refractivity contribution >= 4 is 5.82 Å². The molecule has 1 heterocycles.